The molecule has 0 N–H and O–H groups in total. The molecule has 68 valence electrons. The van der Waals surface area contributed by atoms with Gasteiger partial charge in [-0.1, -0.05) is 0 Å². The predicted octanol–water partition coefficient (Wildman–Crippen LogP) is 0.913. The first-order valence-corrected chi connectivity index (χ1v) is 4.39. The van der Waals surface area contributed by atoms with Gasteiger partial charge in [0.2, 0.25) is 0 Å². The van der Waals surface area contributed by atoms with Crippen LogP contribution in [0.2, 0.25) is 0 Å². The lowest BCUT2D eigenvalue weighted by Gasteiger charge is -2.13. The van der Waals surface area contributed by atoms with E-state index in [0.29, 0.717) is 13.2 Å². The summed E-state index contributed by atoms with van der Waals surface area (Å²) in [5.41, 5.74) is 0. The predicted molar refractivity (Wildman–Crippen MR) is 31.4 cm³/mol. The highest BCUT2D eigenvalue weighted by Crippen LogP contribution is 2.23. The summed E-state index contributed by atoms with van der Waals surface area (Å²) < 4.78 is 58.8. The first-order chi connectivity index (χ1) is 4.63. The maximum atomic E-state index is 11.6. The molecule has 0 radical (unpaired) electrons. The average Bonchev–Trinajstić information content (AvgIpc) is 1.56. The average molecular weight is 192 g/mol. The van der Waals surface area contributed by atoms with Crippen molar-refractivity contribution in [2.75, 3.05) is 6.26 Å². The van der Waals surface area contributed by atoms with E-state index < -0.39 is 22.4 Å². The van der Waals surface area contributed by atoms with E-state index in [0.717, 1.165) is 0 Å². The quantitative estimate of drug-likeness (QED) is 0.611. The van der Waals surface area contributed by atoms with E-state index in [1.807, 2.05) is 0 Å². The highest BCUT2D eigenvalue weighted by Gasteiger charge is 2.39. The van der Waals surface area contributed by atoms with Gasteiger partial charge in [0, 0.05) is 0 Å². The molecule has 0 aromatic rings. The third-order valence-corrected chi connectivity index (χ3v) is 1.42. The molecule has 0 rings (SSSR count). The molecular weight excluding hydrogens is 185 g/mol. The topological polar surface area (TPSA) is 43.4 Å². The van der Waals surface area contributed by atoms with Crippen LogP contribution in [-0.2, 0) is 14.3 Å². The van der Waals surface area contributed by atoms with Gasteiger partial charge in [-0.05, 0) is 6.92 Å². The first-order valence-electron chi connectivity index (χ1n) is 2.58. The number of halogens is 3. The lowest BCUT2D eigenvalue weighted by molar-refractivity contribution is -0.188. The first kappa shape index (κ1) is 10.7. The molecule has 7 heteroatoms. The van der Waals surface area contributed by atoms with Gasteiger partial charge in [-0.25, -0.2) is 0 Å². The molecule has 0 fully saturated rings. The fraction of sp³-hybridized carbons (Fsp3) is 1.00. The van der Waals surface area contributed by atoms with Gasteiger partial charge in [-0.15, -0.1) is 0 Å². The van der Waals surface area contributed by atoms with Crippen LogP contribution in [0.3, 0.4) is 0 Å². The Labute approximate surface area is 62.3 Å². The molecule has 0 aromatic heterocycles. The van der Waals surface area contributed by atoms with E-state index in [1.165, 1.54) is 0 Å². The maximum Gasteiger partial charge on any atom is 0.415 e. The molecule has 0 unspecified atom stereocenters. The van der Waals surface area contributed by atoms with Crippen molar-refractivity contribution in [3.05, 3.63) is 0 Å². The maximum absolute atomic E-state index is 11.6. The summed E-state index contributed by atoms with van der Waals surface area (Å²) in [4.78, 5) is 0. The second kappa shape index (κ2) is 2.98. The molecule has 0 saturated heterocycles. The van der Waals surface area contributed by atoms with Crippen LogP contribution < -0.4 is 0 Å². The van der Waals surface area contributed by atoms with Crippen molar-refractivity contribution in [2.24, 2.45) is 0 Å². The largest absolute Gasteiger partial charge is 0.415 e. The highest BCUT2D eigenvalue weighted by molar-refractivity contribution is 7.86. The Kier molecular flexibility index (Phi) is 2.90. The Morgan fingerprint density at radius 2 is 1.73 bits per heavy atom. The standard InChI is InChI=1S/C4H7F3O3S/c1-3(4(5,6)7)10-11(2,8)9/h3H,1-2H3/t3-/m1/s1. The van der Waals surface area contributed by atoms with Crippen LogP contribution >= 0.6 is 0 Å². The molecule has 0 spiro atoms. The third-order valence-electron chi connectivity index (χ3n) is 0.780. The monoisotopic (exact) mass is 192 g/mol. The SMILES string of the molecule is C[C@@H](OS(C)(=O)=O)C(F)(F)F. The Bertz CT molecular complexity index is 217. The second-order valence-corrected chi connectivity index (χ2v) is 3.58. The minimum Gasteiger partial charge on any atom is -0.258 e. The van der Waals surface area contributed by atoms with Crippen molar-refractivity contribution < 1.29 is 25.8 Å². The molecule has 1 atom stereocenters. The second-order valence-electron chi connectivity index (χ2n) is 1.98. The molecule has 0 aliphatic rings. The van der Waals surface area contributed by atoms with E-state index in [2.05, 4.69) is 4.18 Å². The van der Waals surface area contributed by atoms with Crippen LogP contribution in [0.5, 0.6) is 0 Å². The molecule has 0 amide bonds. The Hall–Kier alpha value is -0.300. The summed E-state index contributed by atoms with van der Waals surface area (Å²) in [6.07, 6.45) is -6.35. The minimum atomic E-state index is -4.64. The fourth-order valence-corrected chi connectivity index (χ4v) is 0.950. The van der Waals surface area contributed by atoms with Crippen LogP contribution in [-0.4, -0.2) is 27.0 Å². The van der Waals surface area contributed by atoms with Gasteiger partial charge < -0.3 is 0 Å². The van der Waals surface area contributed by atoms with Gasteiger partial charge in [-0.3, -0.25) is 4.18 Å². The number of alkyl halides is 3. The Balaban J connectivity index is 4.21. The van der Waals surface area contributed by atoms with Crippen LogP contribution in [0, 0.1) is 0 Å². The van der Waals surface area contributed by atoms with Gasteiger partial charge in [0.15, 0.2) is 6.10 Å². The highest BCUT2D eigenvalue weighted by atomic mass is 32.2. The molecule has 0 aliphatic carbocycles. The van der Waals surface area contributed by atoms with Gasteiger partial charge in [0.25, 0.3) is 10.1 Å². The molecule has 3 nitrogen and oxygen atoms in total. The normalized spacial score (nSPS) is 16.5. The van der Waals surface area contributed by atoms with Crippen LogP contribution in [0.25, 0.3) is 0 Å². The van der Waals surface area contributed by atoms with E-state index in [4.69, 9.17) is 0 Å². The Morgan fingerprint density at radius 3 is 1.82 bits per heavy atom. The molecule has 0 aromatic carbocycles. The van der Waals surface area contributed by atoms with E-state index in [1.54, 1.807) is 0 Å². The van der Waals surface area contributed by atoms with Crippen molar-refractivity contribution in [3.8, 4) is 0 Å². The van der Waals surface area contributed by atoms with Crippen molar-refractivity contribution >= 4 is 10.1 Å². The van der Waals surface area contributed by atoms with Crippen molar-refractivity contribution in [1.29, 1.82) is 0 Å². The van der Waals surface area contributed by atoms with Crippen molar-refractivity contribution in [2.45, 2.75) is 19.2 Å². The summed E-state index contributed by atoms with van der Waals surface area (Å²) >= 11 is 0. The van der Waals surface area contributed by atoms with Crippen LogP contribution in [0.4, 0.5) is 13.2 Å². The molecule has 0 saturated carbocycles. The molecule has 0 bridgehead atoms. The zero-order valence-corrected chi connectivity index (χ0v) is 6.66. The van der Waals surface area contributed by atoms with Crippen LogP contribution in [0.1, 0.15) is 6.92 Å². The lowest BCUT2D eigenvalue weighted by Crippen LogP contribution is -2.30. The van der Waals surface area contributed by atoms with Crippen molar-refractivity contribution in [1.82, 2.24) is 0 Å². The van der Waals surface area contributed by atoms with E-state index in [-0.39, 0.29) is 0 Å². The van der Waals surface area contributed by atoms with Gasteiger partial charge in [-0.2, -0.15) is 21.6 Å². The number of rotatable bonds is 2. The molecule has 0 aliphatic heterocycles. The number of hydrogen-bond donors (Lipinski definition) is 0. The van der Waals surface area contributed by atoms with Crippen molar-refractivity contribution in [3.63, 3.8) is 0 Å². The molecule has 0 heterocycles. The Morgan fingerprint density at radius 1 is 1.36 bits per heavy atom. The molecule has 11 heavy (non-hydrogen) atoms. The molecular formula is C4H7F3O3S. The third kappa shape index (κ3) is 5.02. The summed E-state index contributed by atoms with van der Waals surface area (Å²) in [7, 11) is -4.03. The van der Waals surface area contributed by atoms with Gasteiger partial charge in [0.1, 0.15) is 0 Å². The summed E-state index contributed by atoms with van der Waals surface area (Å²) in [6, 6.07) is 0. The fourth-order valence-electron chi connectivity index (χ4n) is 0.317. The zero-order chi connectivity index (χ0) is 9.28. The summed E-state index contributed by atoms with van der Waals surface area (Å²) in [5, 5.41) is 0. The van der Waals surface area contributed by atoms with Crippen LogP contribution in [0.15, 0.2) is 0 Å². The number of hydrogen-bond acceptors (Lipinski definition) is 3. The van der Waals surface area contributed by atoms with Gasteiger partial charge >= 0.3 is 6.18 Å². The smallest absolute Gasteiger partial charge is 0.258 e. The van der Waals surface area contributed by atoms with Gasteiger partial charge in [0.05, 0.1) is 6.26 Å². The summed E-state index contributed by atoms with van der Waals surface area (Å²) in [5.74, 6) is 0. The van der Waals surface area contributed by atoms with E-state index in [9.17, 15) is 21.6 Å². The van der Waals surface area contributed by atoms with E-state index >= 15 is 0 Å². The lowest BCUT2D eigenvalue weighted by atomic mass is 10.4. The summed E-state index contributed by atoms with van der Waals surface area (Å²) in [6.45, 7) is 0.626. The zero-order valence-electron chi connectivity index (χ0n) is 5.84. The minimum absolute atomic E-state index is 0.565.